The Hall–Kier alpha value is -2.51. The van der Waals surface area contributed by atoms with Crippen LogP contribution in [0.1, 0.15) is 56.3 Å². The molecule has 1 spiro atoms. The second kappa shape index (κ2) is 8.37. The second-order valence-corrected chi connectivity index (χ2v) is 10.4. The lowest BCUT2D eigenvalue weighted by molar-refractivity contribution is 0.147. The molecule has 2 aliphatic heterocycles. The first kappa shape index (κ1) is 21.1. The van der Waals surface area contributed by atoms with Crippen LogP contribution in [0.3, 0.4) is 0 Å². The van der Waals surface area contributed by atoms with Gasteiger partial charge in [0.15, 0.2) is 0 Å². The number of furan rings is 1. The van der Waals surface area contributed by atoms with Crippen LogP contribution in [-0.4, -0.2) is 33.6 Å². The highest BCUT2D eigenvalue weighted by Gasteiger charge is 2.43. The first-order valence-corrected chi connectivity index (χ1v) is 12.5. The number of piperidine rings is 1. The third-order valence-electron chi connectivity index (χ3n) is 7.60. The highest BCUT2D eigenvalue weighted by Crippen LogP contribution is 2.49. The van der Waals surface area contributed by atoms with Gasteiger partial charge in [0.05, 0.1) is 29.1 Å². The molecule has 3 aliphatic rings. The number of nitrogens with zero attached hydrogens (tertiary/aromatic N) is 3. The van der Waals surface area contributed by atoms with Gasteiger partial charge in [-0.25, -0.2) is 9.78 Å². The van der Waals surface area contributed by atoms with Gasteiger partial charge < -0.3 is 19.6 Å². The highest BCUT2D eigenvalue weighted by molar-refractivity contribution is 6.35. The summed E-state index contributed by atoms with van der Waals surface area (Å²) < 4.78 is 8.70. The quantitative estimate of drug-likeness (QED) is 0.532. The van der Waals surface area contributed by atoms with Gasteiger partial charge in [0.2, 0.25) is 0 Å². The molecule has 174 valence electrons. The van der Waals surface area contributed by atoms with Crippen molar-refractivity contribution in [3.05, 3.63) is 47.2 Å². The van der Waals surface area contributed by atoms with Crippen LogP contribution in [0.4, 0.5) is 10.5 Å². The molecule has 2 amide bonds. The topological polar surface area (TPSA) is 75.3 Å². The number of carbonyl (C=O) groups is 1. The van der Waals surface area contributed by atoms with Crippen molar-refractivity contribution in [2.24, 2.45) is 5.92 Å². The number of likely N-dealkylation sites (tertiary alicyclic amines) is 1. The molecule has 3 aromatic rings. The molecule has 2 fully saturated rings. The number of amides is 2. The van der Waals surface area contributed by atoms with E-state index in [1.165, 1.54) is 19.3 Å². The summed E-state index contributed by atoms with van der Waals surface area (Å²) in [6.07, 6.45) is 13.4. The molecule has 0 radical (unpaired) electrons. The zero-order valence-corrected chi connectivity index (χ0v) is 19.5. The van der Waals surface area contributed by atoms with Crippen LogP contribution in [0.15, 0.2) is 35.3 Å². The molecule has 8 heteroatoms. The fraction of sp³-hybridized carbons (Fsp3) is 0.520. The number of carbonyl (C=O) groups excluding carboxylic acids is 1. The van der Waals surface area contributed by atoms with Crippen molar-refractivity contribution in [3.8, 4) is 0 Å². The van der Waals surface area contributed by atoms with Crippen LogP contribution in [0.2, 0.25) is 5.02 Å². The van der Waals surface area contributed by atoms with Crippen LogP contribution in [-0.2, 0) is 18.6 Å². The minimum atomic E-state index is -0.394. The maximum absolute atomic E-state index is 12.5. The summed E-state index contributed by atoms with van der Waals surface area (Å²) in [4.78, 5) is 19.1. The van der Waals surface area contributed by atoms with Gasteiger partial charge in [-0.3, -0.25) is 4.90 Å². The Morgan fingerprint density at radius 3 is 2.91 bits per heavy atom. The third-order valence-corrected chi connectivity index (χ3v) is 7.90. The van der Waals surface area contributed by atoms with Crippen molar-refractivity contribution >= 4 is 34.3 Å². The molecule has 1 aromatic carbocycles. The fourth-order valence-electron chi connectivity index (χ4n) is 6.17. The van der Waals surface area contributed by atoms with Gasteiger partial charge in [0, 0.05) is 36.4 Å². The largest absolute Gasteiger partial charge is 0.459 e. The maximum Gasteiger partial charge on any atom is 0.319 e. The predicted octanol–water partition coefficient (Wildman–Crippen LogP) is 5.49. The summed E-state index contributed by atoms with van der Waals surface area (Å²) in [5, 5.41) is 7.79. The molecule has 1 unspecified atom stereocenters. The van der Waals surface area contributed by atoms with E-state index in [-0.39, 0.29) is 6.03 Å². The van der Waals surface area contributed by atoms with Crippen molar-refractivity contribution in [3.63, 3.8) is 0 Å². The molecule has 1 saturated heterocycles. The summed E-state index contributed by atoms with van der Waals surface area (Å²) in [6, 6.07) is 3.89. The zero-order valence-electron chi connectivity index (χ0n) is 18.8. The maximum atomic E-state index is 12.5. The van der Waals surface area contributed by atoms with E-state index in [9.17, 15) is 4.79 Å². The number of anilines is 1. The number of rotatable bonds is 4. The Morgan fingerprint density at radius 2 is 2.09 bits per heavy atom. The molecule has 2 aromatic heterocycles. The van der Waals surface area contributed by atoms with Crippen LogP contribution in [0, 0.1) is 5.92 Å². The van der Waals surface area contributed by atoms with E-state index in [0.29, 0.717) is 16.6 Å². The van der Waals surface area contributed by atoms with Crippen molar-refractivity contribution in [1.29, 1.82) is 0 Å². The van der Waals surface area contributed by atoms with Crippen molar-refractivity contribution in [2.75, 3.05) is 18.4 Å². The lowest BCUT2D eigenvalue weighted by Gasteiger charge is -2.42. The summed E-state index contributed by atoms with van der Waals surface area (Å²) in [7, 11) is 0. The summed E-state index contributed by atoms with van der Waals surface area (Å²) in [6.45, 7) is 3.93. The molecule has 0 bridgehead atoms. The first-order chi connectivity index (χ1) is 16.1. The van der Waals surface area contributed by atoms with E-state index in [1.807, 2.05) is 24.8 Å². The average molecular weight is 468 g/mol. The fourth-order valence-corrected chi connectivity index (χ4v) is 6.43. The van der Waals surface area contributed by atoms with Crippen LogP contribution < -0.4 is 10.6 Å². The van der Waals surface area contributed by atoms with E-state index in [4.69, 9.17) is 16.0 Å². The number of imidazole rings is 1. The summed E-state index contributed by atoms with van der Waals surface area (Å²) >= 11 is 6.67. The number of aromatic nitrogens is 2. The van der Waals surface area contributed by atoms with Gasteiger partial charge in [-0.1, -0.05) is 30.9 Å². The third kappa shape index (κ3) is 3.91. The molecule has 1 saturated carbocycles. The molecular formula is C25H30ClN5O2. The Kier molecular flexibility index (Phi) is 5.34. The lowest BCUT2D eigenvalue weighted by Crippen LogP contribution is -2.52. The predicted molar refractivity (Wildman–Crippen MR) is 128 cm³/mol. The number of fused-ring (bicyclic) bond motifs is 4. The number of urea groups is 1. The lowest BCUT2D eigenvalue weighted by atomic mass is 9.74. The van der Waals surface area contributed by atoms with Gasteiger partial charge in [-0.05, 0) is 50.3 Å². The Morgan fingerprint density at radius 1 is 1.21 bits per heavy atom. The smallest absolute Gasteiger partial charge is 0.319 e. The Bertz CT molecular complexity index is 1170. The van der Waals surface area contributed by atoms with Gasteiger partial charge >= 0.3 is 6.03 Å². The van der Waals surface area contributed by atoms with Crippen molar-refractivity contribution < 1.29 is 9.21 Å². The number of halogens is 1. The van der Waals surface area contributed by atoms with Crippen molar-refractivity contribution in [2.45, 2.75) is 63.6 Å². The summed E-state index contributed by atoms with van der Waals surface area (Å²) in [5.41, 5.74) is 2.22. The van der Waals surface area contributed by atoms with E-state index < -0.39 is 5.54 Å². The minimum absolute atomic E-state index is 0.172. The molecule has 33 heavy (non-hydrogen) atoms. The molecule has 1 atom stereocenters. The van der Waals surface area contributed by atoms with Gasteiger partial charge in [0.1, 0.15) is 11.3 Å². The average Bonchev–Trinajstić information content (AvgIpc) is 3.44. The normalized spacial score (nSPS) is 22.8. The molecule has 2 N–H and O–H groups in total. The zero-order chi connectivity index (χ0) is 22.4. The minimum Gasteiger partial charge on any atom is -0.459 e. The standard InChI is InChI=1S/C25H30ClN5O2/c26-20-12-18-11-19(15-30-9-4-5-17(13-30)14-31-10-8-27-16-31)33-23(18)21-22(20)28-24(32)29-25(21)6-2-1-3-7-25/h8,10-12,16-17H,1-7,9,13-15H2,(H2,28,29,32). The first-order valence-electron chi connectivity index (χ1n) is 12.1. The number of hydrogen-bond acceptors (Lipinski definition) is 4. The summed E-state index contributed by atoms with van der Waals surface area (Å²) in [5.74, 6) is 1.57. The molecule has 1 aliphatic carbocycles. The molecule has 4 heterocycles. The SMILES string of the molecule is O=C1Nc2c(Cl)cc3cc(CN4CCCC(Cn5ccnc5)C4)oc3c2C2(CCCCC2)N1. The highest BCUT2D eigenvalue weighted by atomic mass is 35.5. The van der Waals surface area contributed by atoms with E-state index in [2.05, 4.69) is 31.2 Å². The Balaban J connectivity index is 1.30. The number of benzene rings is 1. The van der Waals surface area contributed by atoms with E-state index in [1.54, 1.807) is 0 Å². The van der Waals surface area contributed by atoms with E-state index >= 15 is 0 Å². The van der Waals surface area contributed by atoms with Gasteiger partial charge in [0.25, 0.3) is 0 Å². The van der Waals surface area contributed by atoms with Gasteiger partial charge in [-0.2, -0.15) is 0 Å². The van der Waals surface area contributed by atoms with Crippen LogP contribution in [0.5, 0.6) is 0 Å². The number of nitrogens with one attached hydrogen (secondary N) is 2. The molecule has 7 nitrogen and oxygen atoms in total. The molecular weight excluding hydrogens is 438 g/mol. The second-order valence-electron chi connectivity index (χ2n) is 9.96. The molecule has 6 rings (SSSR count). The van der Waals surface area contributed by atoms with Crippen molar-refractivity contribution in [1.82, 2.24) is 19.8 Å². The van der Waals surface area contributed by atoms with Gasteiger partial charge in [-0.15, -0.1) is 0 Å². The van der Waals surface area contributed by atoms with E-state index in [0.717, 1.165) is 74.2 Å². The number of hydrogen-bond donors (Lipinski definition) is 2. The Labute approximate surface area is 198 Å². The van der Waals surface area contributed by atoms with Crippen LogP contribution >= 0.6 is 11.6 Å². The monoisotopic (exact) mass is 467 g/mol. The van der Waals surface area contributed by atoms with Crippen LogP contribution in [0.25, 0.3) is 11.0 Å².